The van der Waals surface area contributed by atoms with E-state index in [2.05, 4.69) is 0 Å². The molecule has 0 unspecified atom stereocenters. The summed E-state index contributed by atoms with van der Waals surface area (Å²) in [5, 5.41) is 0.749. The highest BCUT2D eigenvalue weighted by Crippen LogP contribution is 2.25. The Morgan fingerprint density at radius 1 is 1.26 bits per heavy atom. The Morgan fingerprint density at radius 2 is 2.09 bits per heavy atom. The van der Waals surface area contributed by atoms with Gasteiger partial charge < -0.3 is 18.8 Å². The van der Waals surface area contributed by atoms with Crippen LogP contribution in [-0.4, -0.2) is 43.8 Å². The molecule has 0 fully saturated rings. The van der Waals surface area contributed by atoms with Crippen molar-refractivity contribution in [3.05, 3.63) is 30.0 Å². The fourth-order valence-corrected chi connectivity index (χ4v) is 2.30. The monoisotopic (exact) mass is 319 g/mol. The third kappa shape index (κ3) is 4.32. The molecule has 6 nitrogen and oxygen atoms in total. The van der Waals surface area contributed by atoms with Crippen LogP contribution < -0.4 is 4.74 Å². The van der Waals surface area contributed by atoms with Crippen LogP contribution in [0.2, 0.25) is 0 Å². The van der Waals surface area contributed by atoms with Gasteiger partial charge in [-0.2, -0.15) is 0 Å². The Hall–Kier alpha value is -2.34. The van der Waals surface area contributed by atoms with E-state index in [9.17, 15) is 9.59 Å². The first-order valence-corrected chi connectivity index (χ1v) is 7.55. The largest absolute Gasteiger partial charge is 0.497 e. The molecule has 6 heteroatoms. The Bertz CT molecular complexity index is 677. The number of aromatic nitrogens is 1. The quantitative estimate of drug-likeness (QED) is 0.403. The van der Waals surface area contributed by atoms with Crippen LogP contribution in [0.1, 0.15) is 23.7 Å². The maximum Gasteiger partial charge on any atom is 0.326 e. The van der Waals surface area contributed by atoms with Gasteiger partial charge in [0.2, 0.25) is 0 Å². The predicted octanol–water partition coefficient (Wildman–Crippen LogP) is 2.43. The molecule has 0 aliphatic carbocycles. The van der Waals surface area contributed by atoms with Crippen molar-refractivity contribution in [3.8, 4) is 5.75 Å². The van der Waals surface area contributed by atoms with E-state index in [0.717, 1.165) is 23.6 Å². The third-order valence-electron chi connectivity index (χ3n) is 3.38. The lowest BCUT2D eigenvalue weighted by Gasteiger charge is -2.07. The van der Waals surface area contributed by atoms with Gasteiger partial charge in [-0.25, -0.2) is 0 Å². The van der Waals surface area contributed by atoms with Crippen LogP contribution in [0.15, 0.2) is 24.4 Å². The molecular formula is C17H21NO5. The smallest absolute Gasteiger partial charge is 0.326 e. The maximum atomic E-state index is 11.9. The molecule has 124 valence electrons. The third-order valence-corrected chi connectivity index (χ3v) is 3.38. The van der Waals surface area contributed by atoms with Gasteiger partial charge in [0.15, 0.2) is 6.29 Å². The number of hydrogen-bond donors (Lipinski definition) is 0. The Morgan fingerprint density at radius 3 is 2.78 bits per heavy atom. The number of rotatable bonds is 9. The topological polar surface area (TPSA) is 66.8 Å². The molecule has 0 bridgehead atoms. The van der Waals surface area contributed by atoms with Crippen molar-refractivity contribution < 1.29 is 23.8 Å². The zero-order chi connectivity index (χ0) is 16.7. The summed E-state index contributed by atoms with van der Waals surface area (Å²) in [5.41, 5.74) is 1.30. The molecule has 0 aliphatic heterocycles. The SMILES string of the molecule is CCCOCCOC(=O)Cn1cc(C=O)c2cc(OC)ccc21. The van der Waals surface area contributed by atoms with E-state index in [4.69, 9.17) is 14.2 Å². The molecule has 23 heavy (non-hydrogen) atoms. The van der Waals surface area contributed by atoms with E-state index in [1.165, 1.54) is 0 Å². The Balaban J connectivity index is 2.05. The van der Waals surface area contributed by atoms with Gasteiger partial charge in [-0.3, -0.25) is 9.59 Å². The summed E-state index contributed by atoms with van der Waals surface area (Å²) in [6.07, 6.45) is 3.34. The van der Waals surface area contributed by atoms with Crippen molar-refractivity contribution in [2.45, 2.75) is 19.9 Å². The number of methoxy groups -OCH3 is 1. The molecule has 1 aromatic heterocycles. The van der Waals surface area contributed by atoms with E-state index < -0.39 is 0 Å². The molecule has 1 aromatic carbocycles. The molecule has 0 atom stereocenters. The highest BCUT2D eigenvalue weighted by molar-refractivity contribution is 5.98. The number of hydrogen-bond acceptors (Lipinski definition) is 5. The van der Waals surface area contributed by atoms with Crippen LogP contribution in [-0.2, 0) is 20.8 Å². The van der Waals surface area contributed by atoms with Gasteiger partial charge in [0.1, 0.15) is 18.9 Å². The van der Waals surface area contributed by atoms with Crippen molar-refractivity contribution >= 4 is 23.2 Å². The number of carbonyl (C=O) groups is 2. The standard InChI is InChI=1S/C17H21NO5/c1-3-6-22-7-8-23-17(20)11-18-10-13(12-19)15-9-14(21-2)4-5-16(15)18/h4-5,9-10,12H,3,6-8,11H2,1-2H3. The lowest BCUT2D eigenvalue weighted by molar-refractivity contribution is -0.145. The molecular weight excluding hydrogens is 298 g/mol. The molecule has 0 radical (unpaired) electrons. The summed E-state index contributed by atoms with van der Waals surface area (Å²) >= 11 is 0. The first-order valence-electron chi connectivity index (χ1n) is 7.55. The van der Waals surface area contributed by atoms with Crippen molar-refractivity contribution in [2.24, 2.45) is 0 Å². The van der Waals surface area contributed by atoms with Crippen molar-refractivity contribution in [1.82, 2.24) is 4.57 Å². The second kappa shape index (κ2) is 8.33. The lowest BCUT2D eigenvalue weighted by Crippen LogP contribution is -2.16. The van der Waals surface area contributed by atoms with Crippen LogP contribution in [0, 0.1) is 0 Å². The van der Waals surface area contributed by atoms with Crippen molar-refractivity contribution in [2.75, 3.05) is 26.9 Å². The van der Waals surface area contributed by atoms with E-state index in [1.807, 2.05) is 13.0 Å². The molecule has 0 aliphatic rings. The van der Waals surface area contributed by atoms with Crippen LogP contribution >= 0.6 is 0 Å². The summed E-state index contributed by atoms with van der Waals surface area (Å²) < 4.78 is 17.3. The first-order chi connectivity index (χ1) is 11.2. The summed E-state index contributed by atoms with van der Waals surface area (Å²) in [6, 6.07) is 5.38. The predicted molar refractivity (Wildman–Crippen MR) is 85.9 cm³/mol. The molecule has 0 N–H and O–H groups in total. The molecule has 0 spiro atoms. The number of benzene rings is 1. The number of fused-ring (bicyclic) bond motifs is 1. The van der Waals surface area contributed by atoms with Crippen molar-refractivity contribution in [1.29, 1.82) is 0 Å². The van der Waals surface area contributed by atoms with E-state index in [-0.39, 0.29) is 19.1 Å². The summed E-state index contributed by atoms with van der Waals surface area (Å²) in [6.45, 7) is 3.34. The Labute approximate surface area is 134 Å². The van der Waals surface area contributed by atoms with Gasteiger partial charge in [-0.15, -0.1) is 0 Å². The normalized spacial score (nSPS) is 10.7. The van der Waals surface area contributed by atoms with E-state index in [0.29, 0.717) is 24.5 Å². The van der Waals surface area contributed by atoms with Gasteiger partial charge in [0.05, 0.1) is 13.7 Å². The highest BCUT2D eigenvalue weighted by Gasteiger charge is 2.12. The summed E-state index contributed by atoms with van der Waals surface area (Å²) in [4.78, 5) is 23.1. The summed E-state index contributed by atoms with van der Waals surface area (Å²) in [5.74, 6) is 0.296. The summed E-state index contributed by atoms with van der Waals surface area (Å²) in [7, 11) is 1.57. The van der Waals surface area contributed by atoms with Gasteiger partial charge in [0, 0.05) is 29.3 Å². The van der Waals surface area contributed by atoms with E-state index >= 15 is 0 Å². The average Bonchev–Trinajstić information content (AvgIpc) is 2.91. The average molecular weight is 319 g/mol. The molecule has 0 saturated carbocycles. The van der Waals surface area contributed by atoms with Gasteiger partial charge in [0.25, 0.3) is 0 Å². The van der Waals surface area contributed by atoms with Gasteiger partial charge >= 0.3 is 5.97 Å². The fraction of sp³-hybridized carbons (Fsp3) is 0.412. The van der Waals surface area contributed by atoms with Gasteiger partial charge in [-0.1, -0.05) is 6.92 Å². The number of esters is 1. The second-order valence-corrected chi connectivity index (χ2v) is 5.05. The van der Waals surface area contributed by atoms with Gasteiger partial charge in [-0.05, 0) is 24.6 Å². The zero-order valence-electron chi connectivity index (χ0n) is 13.4. The minimum atomic E-state index is -0.365. The molecule has 0 amide bonds. The van der Waals surface area contributed by atoms with Crippen LogP contribution in [0.4, 0.5) is 0 Å². The van der Waals surface area contributed by atoms with Crippen molar-refractivity contribution in [3.63, 3.8) is 0 Å². The molecule has 0 saturated heterocycles. The maximum absolute atomic E-state index is 11.9. The van der Waals surface area contributed by atoms with Crippen LogP contribution in [0.25, 0.3) is 10.9 Å². The minimum Gasteiger partial charge on any atom is -0.497 e. The number of carbonyl (C=O) groups excluding carboxylic acids is 2. The fourth-order valence-electron chi connectivity index (χ4n) is 2.30. The second-order valence-electron chi connectivity index (χ2n) is 5.05. The molecule has 2 rings (SSSR count). The number of aldehydes is 1. The van der Waals surface area contributed by atoms with Crippen LogP contribution in [0.3, 0.4) is 0 Å². The molecule has 1 heterocycles. The van der Waals surface area contributed by atoms with E-state index in [1.54, 1.807) is 30.0 Å². The first kappa shape index (κ1) is 17.0. The highest BCUT2D eigenvalue weighted by atomic mass is 16.6. The number of ether oxygens (including phenoxy) is 3. The zero-order valence-corrected chi connectivity index (χ0v) is 13.4. The lowest BCUT2D eigenvalue weighted by atomic mass is 10.2. The minimum absolute atomic E-state index is 0.0461. The van der Waals surface area contributed by atoms with Crippen LogP contribution in [0.5, 0.6) is 5.75 Å². The Kier molecular flexibility index (Phi) is 6.17. The molecule has 2 aromatic rings. The number of nitrogens with zero attached hydrogens (tertiary/aromatic N) is 1.